The Bertz CT molecular complexity index is 80.9. The molecule has 2 heteroatoms. The smallest absolute Gasteiger partial charge is 0.0648 e. The fourth-order valence-corrected chi connectivity index (χ4v) is 1.26. The molecule has 1 heterocycles. The van der Waals surface area contributed by atoms with E-state index < -0.39 is 0 Å². The quantitative estimate of drug-likeness (QED) is 0.594. The van der Waals surface area contributed by atoms with Crippen LogP contribution in [-0.4, -0.2) is 25.8 Å². The minimum absolute atomic E-state index is 0.306. The maximum absolute atomic E-state index is 5.28. The standard InChI is InChI=1S/C7H15NO/c1-3-7(8-2)4-5-9-6-7/h8H,3-6H2,1-2H3. The average molecular weight is 129 g/mol. The van der Waals surface area contributed by atoms with Crippen LogP contribution in [-0.2, 0) is 4.74 Å². The number of rotatable bonds is 2. The van der Waals surface area contributed by atoms with Gasteiger partial charge in [-0.05, 0) is 19.9 Å². The van der Waals surface area contributed by atoms with Gasteiger partial charge in [-0.1, -0.05) is 6.92 Å². The Morgan fingerprint density at radius 3 is 2.67 bits per heavy atom. The number of hydrogen-bond donors (Lipinski definition) is 1. The molecule has 1 saturated heterocycles. The number of ether oxygens (including phenoxy) is 1. The molecule has 0 aromatic rings. The van der Waals surface area contributed by atoms with Crippen LogP contribution in [0.15, 0.2) is 0 Å². The minimum Gasteiger partial charge on any atom is -0.379 e. The van der Waals surface area contributed by atoms with Gasteiger partial charge in [-0.15, -0.1) is 0 Å². The maximum atomic E-state index is 5.28. The van der Waals surface area contributed by atoms with Gasteiger partial charge < -0.3 is 10.1 Å². The molecule has 0 radical (unpaired) electrons. The summed E-state index contributed by atoms with van der Waals surface area (Å²) in [6, 6.07) is 0. The van der Waals surface area contributed by atoms with E-state index in [4.69, 9.17) is 4.74 Å². The highest BCUT2D eigenvalue weighted by Crippen LogP contribution is 2.20. The molecule has 54 valence electrons. The number of likely N-dealkylation sites (N-methyl/N-ethyl adjacent to an activating group) is 1. The molecule has 1 N–H and O–H groups in total. The van der Waals surface area contributed by atoms with Gasteiger partial charge in [-0.25, -0.2) is 0 Å². The zero-order valence-corrected chi connectivity index (χ0v) is 6.24. The number of nitrogens with one attached hydrogen (secondary N) is 1. The van der Waals surface area contributed by atoms with E-state index in [1.54, 1.807) is 0 Å². The zero-order valence-electron chi connectivity index (χ0n) is 6.24. The molecular formula is C7H15NO. The van der Waals surface area contributed by atoms with Crippen LogP contribution in [0.5, 0.6) is 0 Å². The maximum Gasteiger partial charge on any atom is 0.0648 e. The second-order valence-electron chi connectivity index (χ2n) is 2.69. The summed E-state index contributed by atoms with van der Waals surface area (Å²) in [6.45, 7) is 4.01. The summed E-state index contributed by atoms with van der Waals surface area (Å²) in [5, 5.41) is 3.30. The Labute approximate surface area is 56.6 Å². The first-order valence-corrected chi connectivity index (χ1v) is 3.60. The molecule has 0 aliphatic carbocycles. The summed E-state index contributed by atoms with van der Waals surface area (Å²) in [5.41, 5.74) is 0.306. The summed E-state index contributed by atoms with van der Waals surface area (Å²) >= 11 is 0. The van der Waals surface area contributed by atoms with E-state index in [9.17, 15) is 0 Å². The number of hydrogen-bond acceptors (Lipinski definition) is 2. The molecule has 1 atom stereocenters. The van der Waals surface area contributed by atoms with Crippen molar-refractivity contribution < 1.29 is 4.74 Å². The molecule has 0 bridgehead atoms. The Kier molecular flexibility index (Phi) is 2.09. The van der Waals surface area contributed by atoms with E-state index in [0.717, 1.165) is 13.2 Å². The van der Waals surface area contributed by atoms with Gasteiger partial charge in [-0.2, -0.15) is 0 Å². The van der Waals surface area contributed by atoms with Gasteiger partial charge >= 0.3 is 0 Å². The predicted molar refractivity (Wildman–Crippen MR) is 37.5 cm³/mol. The fourth-order valence-electron chi connectivity index (χ4n) is 1.26. The molecule has 2 nitrogen and oxygen atoms in total. The molecule has 0 saturated carbocycles. The molecule has 0 aromatic carbocycles. The third-order valence-corrected chi connectivity index (χ3v) is 2.31. The first-order chi connectivity index (χ1) is 4.33. The molecule has 1 fully saturated rings. The lowest BCUT2D eigenvalue weighted by Gasteiger charge is -2.24. The topological polar surface area (TPSA) is 21.3 Å². The van der Waals surface area contributed by atoms with Crippen LogP contribution in [0.3, 0.4) is 0 Å². The van der Waals surface area contributed by atoms with E-state index in [1.807, 2.05) is 7.05 Å². The van der Waals surface area contributed by atoms with E-state index >= 15 is 0 Å². The molecule has 0 spiro atoms. The largest absolute Gasteiger partial charge is 0.379 e. The van der Waals surface area contributed by atoms with Crippen LogP contribution in [0.1, 0.15) is 19.8 Å². The van der Waals surface area contributed by atoms with Gasteiger partial charge in [0.2, 0.25) is 0 Å². The van der Waals surface area contributed by atoms with E-state index in [2.05, 4.69) is 12.2 Å². The van der Waals surface area contributed by atoms with Crippen molar-refractivity contribution >= 4 is 0 Å². The second kappa shape index (κ2) is 2.67. The van der Waals surface area contributed by atoms with Gasteiger partial charge in [-0.3, -0.25) is 0 Å². The van der Waals surface area contributed by atoms with E-state index in [-0.39, 0.29) is 0 Å². The molecule has 1 unspecified atom stereocenters. The van der Waals surface area contributed by atoms with E-state index in [0.29, 0.717) is 5.54 Å². The molecule has 1 aliphatic rings. The molecule has 0 amide bonds. The predicted octanol–water partition coefficient (Wildman–Crippen LogP) is 0.775. The van der Waals surface area contributed by atoms with Crippen LogP contribution >= 0.6 is 0 Å². The molecule has 9 heavy (non-hydrogen) atoms. The van der Waals surface area contributed by atoms with Crippen molar-refractivity contribution in [2.24, 2.45) is 0 Å². The molecular weight excluding hydrogens is 114 g/mol. The fraction of sp³-hybridized carbons (Fsp3) is 1.00. The van der Waals surface area contributed by atoms with E-state index in [1.165, 1.54) is 12.8 Å². The highest BCUT2D eigenvalue weighted by Gasteiger charge is 2.30. The summed E-state index contributed by atoms with van der Waals surface area (Å²) < 4.78 is 5.28. The lowest BCUT2D eigenvalue weighted by atomic mass is 9.96. The molecule has 0 aromatic heterocycles. The Hall–Kier alpha value is -0.0800. The van der Waals surface area contributed by atoms with Crippen LogP contribution in [0, 0.1) is 0 Å². The molecule has 1 rings (SSSR count). The SMILES string of the molecule is CCC1(NC)CCOC1. The Morgan fingerprint density at radius 2 is 2.44 bits per heavy atom. The van der Waals surface area contributed by atoms with Gasteiger partial charge in [0.15, 0.2) is 0 Å². The normalized spacial score (nSPS) is 35.3. The first-order valence-electron chi connectivity index (χ1n) is 3.60. The van der Waals surface area contributed by atoms with Crippen LogP contribution in [0.25, 0.3) is 0 Å². The highest BCUT2D eigenvalue weighted by molar-refractivity contribution is 4.88. The second-order valence-corrected chi connectivity index (χ2v) is 2.69. The average Bonchev–Trinajstić information content (AvgIpc) is 2.36. The van der Waals surface area contributed by atoms with Crippen molar-refractivity contribution in [1.82, 2.24) is 5.32 Å². The summed E-state index contributed by atoms with van der Waals surface area (Å²) in [4.78, 5) is 0. The monoisotopic (exact) mass is 129 g/mol. The summed E-state index contributed by atoms with van der Waals surface area (Å²) in [6.07, 6.45) is 2.34. The molecule has 1 aliphatic heterocycles. The van der Waals surface area contributed by atoms with Gasteiger partial charge in [0, 0.05) is 12.1 Å². The van der Waals surface area contributed by atoms with Gasteiger partial charge in [0.1, 0.15) is 0 Å². The van der Waals surface area contributed by atoms with Gasteiger partial charge in [0.05, 0.1) is 6.61 Å². The Balaban J connectivity index is 2.45. The van der Waals surface area contributed by atoms with Crippen molar-refractivity contribution in [2.75, 3.05) is 20.3 Å². The third-order valence-electron chi connectivity index (χ3n) is 2.31. The lowest BCUT2D eigenvalue weighted by Crippen LogP contribution is -2.42. The first kappa shape index (κ1) is 7.03. The van der Waals surface area contributed by atoms with Crippen LogP contribution < -0.4 is 5.32 Å². The highest BCUT2D eigenvalue weighted by atomic mass is 16.5. The summed E-state index contributed by atoms with van der Waals surface area (Å²) in [5.74, 6) is 0. The summed E-state index contributed by atoms with van der Waals surface area (Å²) in [7, 11) is 2.01. The third kappa shape index (κ3) is 1.25. The Morgan fingerprint density at radius 1 is 1.67 bits per heavy atom. The van der Waals surface area contributed by atoms with Crippen molar-refractivity contribution in [1.29, 1.82) is 0 Å². The van der Waals surface area contributed by atoms with Gasteiger partial charge in [0.25, 0.3) is 0 Å². The van der Waals surface area contributed by atoms with Crippen molar-refractivity contribution in [3.8, 4) is 0 Å². The van der Waals surface area contributed by atoms with Crippen LogP contribution in [0.4, 0.5) is 0 Å². The van der Waals surface area contributed by atoms with Crippen molar-refractivity contribution in [2.45, 2.75) is 25.3 Å². The lowest BCUT2D eigenvalue weighted by molar-refractivity contribution is 0.168. The van der Waals surface area contributed by atoms with Crippen molar-refractivity contribution in [3.63, 3.8) is 0 Å². The van der Waals surface area contributed by atoms with Crippen molar-refractivity contribution in [3.05, 3.63) is 0 Å². The zero-order chi connectivity index (χ0) is 6.74. The van der Waals surface area contributed by atoms with Crippen LogP contribution in [0.2, 0.25) is 0 Å². The minimum atomic E-state index is 0.306.